The molecular formula is C19H19ClN4O. The van der Waals surface area contributed by atoms with Gasteiger partial charge in [0.05, 0.1) is 0 Å². The van der Waals surface area contributed by atoms with Gasteiger partial charge in [-0.25, -0.2) is 0 Å². The van der Waals surface area contributed by atoms with E-state index in [1.165, 1.54) is 5.56 Å². The van der Waals surface area contributed by atoms with Gasteiger partial charge in [0.25, 0.3) is 0 Å². The topological polar surface area (TPSA) is 45.4 Å². The van der Waals surface area contributed by atoms with Crippen LogP contribution in [-0.2, 0) is 6.54 Å². The van der Waals surface area contributed by atoms with Gasteiger partial charge in [-0.2, -0.15) is 4.98 Å². The number of rotatable bonds is 4. The summed E-state index contributed by atoms with van der Waals surface area (Å²) >= 11 is 6.26. The molecule has 0 bridgehead atoms. The molecule has 6 heteroatoms. The minimum absolute atomic E-state index is 0.594. The maximum atomic E-state index is 6.26. The predicted molar refractivity (Wildman–Crippen MR) is 98.7 cm³/mol. The molecule has 1 fully saturated rings. The molecule has 0 unspecified atom stereocenters. The van der Waals surface area contributed by atoms with E-state index in [9.17, 15) is 0 Å². The lowest BCUT2D eigenvalue weighted by molar-refractivity contribution is 0.242. The van der Waals surface area contributed by atoms with Gasteiger partial charge in [0.1, 0.15) is 0 Å². The lowest BCUT2D eigenvalue weighted by Gasteiger charge is -2.33. The third-order valence-corrected chi connectivity index (χ3v) is 4.81. The molecule has 0 saturated carbocycles. The van der Waals surface area contributed by atoms with E-state index >= 15 is 0 Å². The van der Waals surface area contributed by atoms with Crippen LogP contribution >= 0.6 is 11.6 Å². The summed E-state index contributed by atoms with van der Waals surface area (Å²) in [5.41, 5.74) is 2.14. The maximum absolute atomic E-state index is 6.26. The number of halogens is 1. The van der Waals surface area contributed by atoms with E-state index in [2.05, 4.69) is 26.0 Å². The second-order valence-corrected chi connectivity index (χ2v) is 6.53. The quantitative estimate of drug-likeness (QED) is 0.714. The average molecular weight is 355 g/mol. The standard InChI is InChI=1S/C19H19ClN4O/c20-17-9-5-4-8-16(17)14-23-10-12-24(13-11-23)19-21-18(22-25-19)15-6-2-1-3-7-15/h1-9H,10-14H2. The largest absolute Gasteiger partial charge is 0.324 e. The van der Waals surface area contributed by atoms with Crippen LogP contribution in [-0.4, -0.2) is 41.2 Å². The van der Waals surface area contributed by atoms with Crippen LogP contribution in [0.15, 0.2) is 59.1 Å². The van der Waals surface area contributed by atoms with E-state index in [0.29, 0.717) is 11.8 Å². The van der Waals surface area contributed by atoms with E-state index in [1.54, 1.807) is 0 Å². The molecule has 2 heterocycles. The smallest absolute Gasteiger partial charge is 0.322 e. The van der Waals surface area contributed by atoms with Crippen molar-refractivity contribution >= 4 is 17.6 Å². The normalized spacial score (nSPS) is 15.5. The molecule has 4 rings (SSSR count). The van der Waals surface area contributed by atoms with Crippen LogP contribution in [0.25, 0.3) is 11.4 Å². The molecule has 1 aliphatic heterocycles. The number of piperazine rings is 1. The third kappa shape index (κ3) is 3.67. The fourth-order valence-corrected chi connectivity index (χ4v) is 3.21. The Kier molecular flexibility index (Phi) is 4.68. The minimum Gasteiger partial charge on any atom is -0.322 e. The SMILES string of the molecule is Clc1ccccc1CN1CCN(c2nc(-c3ccccc3)no2)CC1. The number of benzene rings is 2. The molecule has 0 aliphatic carbocycles. The zero-order chi connectivity index (χ0) is 17.1. The fraction of sp³-hybridized carbons (Fsp3) is 0.263. The first kappa shape index (κ1) is 16.1. The summed E-state index contributed by atoms with van der Waals surface area (Å²) < 4.78 is 5.46. The zero-order valence-corrected chi connectivity index (χ0v) is 14.6. The van der Waals surface area contributed by atoms with Crippen molar-refractivity contribution in [2.24, 2.45) is 0 Å². The Morgan fingerprint density at radius 3 is 2.40 bits per heavy atom. The first-order chi connectivity index (χ1) is 12.3. The number of anilines is 1. The summed E-state index contributed by atoms with van der Waals surface area (Å²) in [5, 5.41) is 4.93. The summed E-state index contributed by atoms with van der Waals surface area (Å²) in [5.74, 6) is 0.633. The van der Waals surface area contributed by atoms with Gasteiger partial charge in [-0.15, -0.1) is 0 Å². The van der Waals surface area contributed by atoms with E-state index in [0.717, 1.165) is 43.3 Å². The number of nitrogens with zero attached hydrogens (tertiary/aromatic N) is 4. The summed E-state index contributed by atoms with van der Waals surface area (Å²) in [6.45, 7) is 4.47. The summed E-state index contributed by atoms with van der Waals surface area (Å²) in [6.07, 6.45) is 0. The monoisotopic (exact) mass is 354 g/mol. The lowest BCUT2D eigenvalue weighted by Crippen LogP contribution is -2.46. The van der Waals surface area contributed by atoms with Crippen molar-refractivity contribution in [1.29, 1.82) is 0 Å². The van der Waals surface area contributed by atoms with Crippen molar-refractivity contribution < 1.29 is 4.52 Å². The van der Waals surface area contributed by atoms with Crippen LogP contribution < -0.4 is 4.90 Å². The van der Waals surface area contributed by atoms with Crippen molar-refractivity contribution in [1.82, 2.24) is 15.0 Å². The van der Waals surface area contributed by atoms with Crippen LogP contribution in [0.3, 0.4) is 0 Å². The van der Waals surface area contributed by atoms with Gasteiger partial charge in [0.2, 0.25) is 5.82 Å². The average Bonchev–Trinajstić information content (AvgIpc) is 3.15. The summed E-state index contributed by atoms with van der Waals surface area (Å²) in [4.78, 5) is 9.07. The van der Waals surface area contributed by atoms with Crippen molar-refractivity contribution in [3.63, 3.8) is 0 Å². The fourth-order valence-electron chi connectivity index (χ4n) is 3.01. The summed E-state index contributed by atoms with van der Waals surface area (Å²) in [6, 6.07) is 18.5. The van der Waals surface area contributed by atoms with Crippen LogP contribution in [0, 0.1) is 0 Å². The van der Waals surface area contributed by atoms with Gasteiger partial charge in [-0.1, -0.05) is 65.3 Å². The molecule has 0 N–H and O–H groups in total. The molecule has 1 aromatic heterocycles. The maximum Gasteiger partial charge on any atom is 0.324 e. The number of hydrogen-bond donors (Lipinski definition) is 0. The molecule has 0 radical (unpaired) electrons. The first-order valence-corrected chi connectivity index (χ1v) is 8.77. The Morgan fingerprint density at radius 1 is 0.920 bits per heavy atom. The van der Waals surface area contributed by atoms with Gasteiger partial charge in [-0.3, -0.25) is 4.90 Å². The predicted octanol–water partition coefficient (Wildman–Crippen LogP) is 3.71. The number of hydrogen-bond acceptors (Lipinski definition) is 5. The Labute approximate surface area is 151 Å². The van der Waals surface area contributed by atoms with E-state index in [1.807, 2.05) is 48.5 Å². The summed E-state index contributed by atoms with van der Waals surface area (Å²) in [7, 11) is 0. The molecule has 0 atom stereocenters. The molecule has 0 spiro atoms. The second kappa shape index (κ2) is 7.25. The Balaban J connectivity index is 1.38. The molecule has 2 aromatic carbocycles. The Morgan fingerprint density at radius 2 is 1.64 bits per heavy atom. The molecular weight excluding hydrogens is 336 g/mol. The van der Waals surface area contributed by atoms with Crippen molar-refractivity contribution in [2.45, 2.75) is 6.54 Å². The molecule has 1 saturated heterocycles. The lowest BCUT2D eigenvalue weighted by atomic mass is 10.2. The van der Waals surface area contributed by atoms with E-state index in [-0.39, 0.29) is 0 Å². The van der Waals surface area contributed by atoms with Gasteiger partial charge < -0.3 is 9.42 Å². The molecule has 128 valence electrons. The van der Waals surface area contributed by atoms with Crippen LogP contribution in [0.2, 0.25) is 5.02 Å². The molecule has 1 aliphatic rings. The molecule has 3 aromatic rings. The Hall–Kier alpha value is -2.37. The Bertz CT molecular complexity index is 828. The molecule has 0 amide bonds. The van der Waals surface area contributed by atoms with Crippen molar-refractivity contribution in [2.75, 3.05) is 31.1 Å². The van der Waals surface area contributed by atoms with Crippen LogP contribution in [0.5, 0.6) is 0 Å². The van der Waals surface area contributed by atoms with Crippen molar-refractivity contribution in [3.8, 4) is 11.4 Å². The molecule has 5 nitrogen and oxygen atoms in total. The number of aromatic nitrogens is 2. The highest BCUT2D eigenvalue weighted by Crippen LogP contribution is 2.22. The highest BCUT2D eigenvalue weighted by atomic mass is 35.5. The first-order valence-electron chi connectivity index (χ1n) is 8.39. The van der Waals surface area contributed by atoms with Gasteiger partial charge in [0.15, 0.2) is 0 Å². The molecule has 25 heavy (non-hydrogen) atoms. The highest BCUT2D eigenvalue weighted by molar-refractivity contribution is 6.31. The van der Waals surface area contributed by atoms with Gasteiger partial charge in [-0.05, 0) is 11.6 Å². The third-order valence-electron chi connectivity index (χ3n) is 4.44. The van der Waals surface area contributed by atoms with Gasteiger partial charge in [0, 0.05) is 43.3 Å². The zero-order valence-electron chi connectivity index (χ0n) is 13.8. The van der Waals surface area contributed by atoms with Crippen LogP contribution in [0.4, 0.5) is 6.01 Å². The van der Waals surface area contributed by atoms with Crippen molar-refractivity contribution in [3.05, 3.63) is 65.2 Å². The van der Waals surface area contributed by atoms with E-state index in [4.69, 9.17) is 16.1 Å². The van der Waals surface area contributed by atoms with Gasteiger partial charge >= 0.3 is 6.01 Å². The van der Waals surface area contributed by atoms with E-state index < -0.39 is 0 Å². The second-order valence-electron chi connectivity index (χ2n) is 6.12. The minimum atomic E-state index is 0.594. The van der Waals surface area contributed by atoms with Crippen LogP contribution in [0.1, 0.15) is 5.56 Å². The highest BCUT2D eigenvalue weighted by Gasteiger charge is 2.22.